The zero-order valence-corrected chi connectivity index (χ0v) is 14.0. The molecule has 0 radical (unpaired) electrons. The number of anilines is 1. The molecule has 5 nitrogen and oxygen atoms in total. The minimum absolute atomic E-state index is 0.0603. The quantitative estimate of drug-likeness (QED) is 0.857. The predicted molar refractivity (Wildman–Crippen MR) is 90.7 cm³/mol. The lowest BCUT2D eigenvalue weighted by Crippen LogP contribution is -2.41. The van der Waals surface area contributed by atoms with Crippen molar-refractivity contribution in [2.75, 3.05) is 37.6 Å². The van der Waals surface area contributed by atoms with Gasteiger partial charge in [0, 0.05) is 31.9 Å². The molecule has 124 valence electrons. The standard InChI is InChI=1S/C18H25N3O2/c1-14(2)15-5-7-16(8-6-15)21-12-11-20(18(21)23)13-17(22)19-9-3-4-10-19/h5-8,14H,3-4,9-13H2,1-2H3. The number of carbonyl (C=O) groups is 2. The Balaban J connectivity index is 1.62. The van der Waals surface area contributed by atoms with Crippen LogP contribution >= 0.6 is 0 Å². The van der Waals surface area contributed by atoms with Gasteiger partial charge in [-0.1, -0.05) is 26.0 Å². The molecule has 2 aliphatic heterocycles. The summed E-state index contributed by atoms with van der Waals surface area (Å²) in [5, 5.41) is 0. The number of benzene rings is 1. The maximum atomic E-state index is 12.6. The Morgan fingerprint density at radius 2 is 1.70 bits per heavy atom. The molecule has 0 aliphatic carbocycles. The van der Waals surface area contributed by atoms with Gasteiger partial charge in [-0.2, -0.15) is 0 Å². The number of rotatable bonds is 4. The van der Waals surface area contributed by atoms with E-state index in [2.05, 4.69) is 26.0 Å². The fourth-order valence-electron chi connectivity index (χ4n) is 3.24. The first-order chi connectivity index (χ1) is 11.1. The van der Waals surface area contributed by atoms with Crippen LogP contribution in [0.1, 0.15) is 38.2 Å². The van der Waals surface area contributed by atoms with E-state index in [1.165, 1.54) is 5.56 Å². The Hall–Kier alpha value is -2.04. The Labute approximate surface area is 137 Å². The second-order valence-corrected chi connectivity index (χ2v) is 6.69. The van der Waals surface area contributed by atoms with E-state index in [0.717, 1.165) is 31.6 Å². The van der Waals surface area contributed by atoms with E-state index < -0.39 is 0 Å². The number of nitrogens with zero attached hydrogens (tertiary/aromatic N) is 3. The lowest BCUT2D eigenvalue weighted by Gasteiger charge is -2.21. The largest absolute Gasteiger partial charge is 0.341 e. The topological polar surface area (TPSA) is 43.9 Å². The van der Waals surface area contributed by atoms with Crippen LogP contribution in [0.2, 0.25) is 0 Å². The molecule has 0 aromatic heterocycles. The number of amides is 3. The maximum absolute atomic E-state index is 12.6. The molecular formula is C18H25N3O2. The third-order valence-corrected chi connectivity index (χ3v) is 4.75. The molecule has 3 amide bonds. The average Bonchev–Trinajstić information content (AvgIpc) is 3.19. The molecule has 0 saturated carbocycles. The number of hydrogen-bond acceptors (Lipinski definition) is 2. The van der Waals surface area contributed by atoms with Crippen molar-refractivity contribution in [2.45, 2.75) is 32.6 Å². The molecule has 2 saturated heterocycles. The second-order valence-electron chi connectivity index (χ2n) is 6.69. The SMILES string of the molecule is CC(C)c1ccc(N2CCN(CC(=O)N3CCCC3)C2=O)cc1. The molecule has 0 spiro atoms. The fourth-order valence-corrected chi connectivity index (χ4v) is 3.24. The van der Waals surface area contributed by atoms with Crippen LogP contribution in [0.3, 0.4) is 0 Å². The highest BCUT2D eigenvalue weighted by Crippen LogP contribution is 2.23. The van der Waals surface area contributed by atoms with Crippen LogP contribution in [0.4, 0.5) is 10.5 Å². The zero-order valence-electron chi connectivity index (χ0n) is 14.0. The monoisotopic (exact) mass is 315 g/mol. The van der Waals surface area contributed by atoms with Crippen LogP contribution in [0.15, 0.2) is 24.3 Å². The maximum Gasteiger partial charge on any atom is 0.325 e. The van der Waals surface area contributed by atoms with Crippen molar-refractivity contribution in [3.8, 4) is 0 Å². The minimum atomic E-state index is -0.0603. The van der Waals surface area contributed by atoms with E-state index in [1.54, 1.807) is 9.80 Å². The Bertz CT molecular complexity index is 576. The minimum Gasteiger partial charge on any atom is -0.341 e. The predicted octanol–water partition coefficient (Wildman–Crippen LogP) is 2.67. The van der Waals surface area contributed by atoms with Crippen molar-refractivity contribution in [3.63, 3.8) is 0 Å². The lowest BCUT2D eigenvalue weighted by atomic mass is 10.0. The van der Waals surface area contributed by atoms with Gasteiger partial charge in [0.1, 0.15) is 6.54 Å². The lowest BCUT2D eigenvalue weighted by molar-refractivity contribution is -0.130. The molecule has 0 bridgehead atoms. The molecule has 2 heterocycles. The second kappa shape index (κ2) is 6.60. The average molecular weight is 315 g/mol. The van der Waals surface area contributed by atoms with Crippen molar-refractivity contribution >= 4 is 17.6 Å². The molecule has 3 rings (SSSR count). The molecule has 2 fully saturated rings. The van der Waals surface area contributed by atoms with Gasteiger partial charge in [-0.15, -0.1) is 0 Å². The van der Waals surface area contributed by atoms with Gasteiger partial charge in [-0.05, 0) is 36.5 Å². The molecule has 1 aromatic carbocycles. The van der Waals surface area contributed by atoms with Crippen molar-refractivity contribution in [1.82, 2.24) is 9.80 Å². The first-order valence-corrected chi connectivity index (χ1v) is 8.50. The zero-order chi connectivity index (χ0) is 16.4. The van der Waals surface area contributed by atoms with E-state index in [0.29, 0.717) is 19.0 Å². The molecule has 2 aliphatic rings. The van der Waals surface area contributed by atoms with Crippen molar-refractivity contribution in [1.29, 1.82) is 0 Å². The van der Waals surface area contributed by atoms with Gasteiger partial charge in [0.2, 0.25) is 5.91 Å². The van der Waals surface area contributed by atoms with Crippen LogP contribution in [0.25, 0.3) is 0 Å². The van der Waals surface area contributed by atoms with E-state index in [-0.39, 0.29) is 18.5 Å². The highest BCUT2D eigenvalue weighted by molar-refractivity contribution is 5.96. The molecule has 0 atom stereocenters. The van der Waals surface area contributed by atoms with Crippen molar-refractivity contribution in [3.05, 3.63) is 29.8 Å². The van der Waals surface area contributed by atoms with Crippen LogP contribution in [0, 0.1) is 0 Å². The van der Waals surface area contributed by atoms with Gasteiger partial charge < -0.3 is 9.80 Å². The van der Waals surface area contributed by atoms with Gasteiger partial charge in [-0.25, -0.2) is 4.79 Å². The fraction of sp³-hybridized carbons (Fsp3) is 0.556. The summed E-state index contributed by atoms with van der Waals surface area (Å²) in [5.41, 5.74) is 2.18. The normalized spacial score (nSPS) is 18.4. The smallest absolute Gasteiger partial charge is 0.325 e. The molecule has 23 heavy (non-hydrogen) atoms. The van der Waals surface area contributed by atoms with Crippen molar-refractivity contribution < 1.29 is 9.59 Å². The van der Waals surface area contributed by atoms with Gasteiger partial charge in [0.25, 0.3) is 0 Å². The highest BCUT2D eigenvalue weighted by atomic mass is 16.2. The number of urea groups is 1. The van der Waals surface area contributed by atoms with E-state index in [1.807, 2.05) is 17.0 Å². The summed E-state index contributed by atoms with van der Waals surface area (Å²) in [6.45, 7) is 7.45. The van der Waals surface area contributed by atoms with Crippen LogP contribution in [0.5, 0.6) is 0 Å². The summed E-state index contributed by atoms with van der Waals surface area (Å²) >= 11 is 0. The number of carbonyl (C=O) groups excluding carboxylic acids is 2. The third-order valence-electron chi connectivity index (χ3n) is 4.75. The van der Waals surface area contributed by atoms with E-state index in [9.17, 15) is 9.59 Å². The molecule has 1 aromatic rings. The summed E-state index contributed by atoms with van der Waals surface area (Å²) in [6.07, 6.45) is 2.15. The Morgan fingerprint density at radius 1 is 1.04 bits per heavy atom. The van der Waals surface area contributed by atoms with Gasteiger partial charge in [-0.3, -0.25) is 9.69 Å². The summed E-state index contributed by atoms with van der Waals surface area (Å²) in [6, 6.07) is 8.09. The summed E-state index contributed by atoms with van der Waals surface area (Å²) in [5.74, 6) is 0.556. The summed E-state index contributed by atoms with van der Waals surface area (Å²) in [7, 11) is 0. The van der Waals surface area contributed by atoms with Crippen molar-refractivity contribution in [2.24, 2.45) is 0 Å². The first kappa shape index (κ1) is 15.8. The number of hydrogen-bond donors (Lipinski definition) is 0. The summed E-state index contributed by atoms with van der Waals surface area (Å²) in [4.78, 5) is 30.1. The van der Waals surface area contributed by atoms with Crippen LogP contribution < -0.4 is 4.90 Å². The van der Waals surface area contributed by atoms with E-state index >= 15 is 0 Å². The molecule has 0 N–H and O–H groups in total. The molecular weight excluding hydrogens is 290 g/mol. The van der Waals surface area contributed by atoms with E-state index in [4.69, 9.17) is 0 Å². The Morgan fingerprint density at radius 3 is 2.30 bits per heavy atom. The summed E-state index contributed by atoms with van der Waals surface area (Å²) < 4.78 is 0. The first-order valence-electron chi connectivity index (χ1n) is 8.50. The van der Waals surface area contributed by atoms with Gasteiger partial charge in [0.05, 0.1) is 0 Å². The third kappa shape index (κ3) is 3.33. The number of likely N-dealkylation sites (tertiary alicyclic amines) is 1. The van der Waals surface area contributed by atoms with Gasteiger partial charge in [0.15, 0.2) is 0 Å². The van der Waals surface area contributed by atoms with Gasteiger partial charge >= 0.3 is 6.03 Å². The van der Waals surface area contributed by atoms with Crippen LogP contribution in [-0.4, -0.2) is 54.5 Å². The van der Waals surface area contributed by atoms with Crippen LogP contribution in [-0.2, 0) is 4.79 Å². The Kier molecular flexibility index (Phi) is 4.55. The highest BCUT2D eigenvalue weighted by Gasteiger charge is 2.32. The molecule has 5 heteroatoms. The molecule has 0 unspecified atom stereocenters.